The van der Waals surface area contributed by atoms with Crippen LogP contribution in [0.15, 0.2) is 115 Å². The number of rotatable bonds is 4. The second-order valence-electron chi connectivity index (χ2n) is 20.3. The van der Waals surface area contributed by atoms with Crippen LogP contribution in [0, 0.1) is 6.92 Å². The van der Waals surface area contributed by atoms with E-state index in [4.69, 9.17) is 0 Å². The van der Waals surface area contributed by atoms with Gasteiger partial charge in [-0.05, 0) is 141 Å². The van der Waals surface area contributed by atoms with E-state index in [1.54, 1.807) is 0 Å². The number of benzene rings is 5. The van der Waals surface area contributed by atoms with Gasteiger partial charge in [0.1, 0.15) is 0 Å². The van der Waals surface area contributed by atoms with Gasteiger partial charge in [-0.1, -0.05) is 129 Å². The molecule has 1 unspecified atom stereocenters. The average Bonchev–Trinajstić information content (AvgIpc) is 3.57. The number of anilines is 6. The van der Waals surface area contributed by atoms with Crippen molar-refractivity contribution < 1.29 is 0 Å². The molecule has 1 atom stereocenters. The first kappa shape index (κ1) is 37.5. The molecule has 10 rings (SSSR count). The van der Waals surface area contributed by atoms with Gasteiger partial charge in [0.15, 0.2) is 0 Å². The fraction of sp³-hybridized carbons (Fsp3) is 0.333. The summed E-state index contributed by atoms with van der Waals surface area (Å²) in [5.41, 5.74) is 19.4. The minimum atomic E-state index is 0.0709. The molecule has 0 radical (unpaired) electrons. The largest absolute Gasteiger partial charge is 0.311 e. The van der Waals surface area contributed by atoms with Crippen LogP contribution in [0.5, 0.6) is 0 Å². The highest BCUT2D eigenvalue weighted by Crippen LogP contribution is 2.53. The highest BCUT2D eigenvalue weighted by Gasteiger charge is 2.47. The number of aryl methyl sites for hydroxylation is 1. The first-order valence-electron chi connectivity index (χ1n) is 21.7. The Balaban J connectivity index is 1.31. The Hall–Kier alpha value is -4.80. The Kier molecular flexibility index (Phi) is 8.47. The van der Waals surface area contributed by atoms with Gasteiger partial charge in [0, 0.05) is 49.2 Å². The van der Waals surface area contributed by atoms with E-state index in [-0.39, 0.29) is 23.0 Å². The highest BCUT2D eigenvalue weighted by molar-refractivity contribution is 7.33. The van der Waals surface area contributed by atoms with Crippen LogP contribution in [0.2, 0.25) is 0 Å². The second kappa shape index (κ2) is 13.1. The van der Waals surface area contributed by atoms with Crippen LogP contribution in [0.1, 0.15) is 127 Å². The summed E-state index contributed by atoms with van der Waals surface area (Å²) in [6, 6.07) is 36.3. The maximum Gasteiger partial charge on any atom is 0.264 e. The predicted octanol–water partition coefficient (Wildman–Crippen LogP) is 13.7. The lowest BCUT2D eigenvalue weighted by Crippen LogP contribution is -2.60. The quantitative estimate of drug-likeness (QED) is 0.164. The first-order valence-corrected chi connectivity index (χ1v) is 22.5. The van der Waals surface area contributed by atoms with E-state index in [2.05, 4.69) is 194 Å². The minimum absolute atomic E-state index is 0.0709. The summed E-state index contributed by atoms with van der Waals surface area (Å²) in [4.78, 5) is 5.30. The lowest BCUT2D eigenvalue weighted by Gasteiger charge is -2.44. The summed E-state index contributed by atoms with van der Waals surface area (Å²) in [5, 5.41) is 1.39. The number of thiophene rings is 1. The molecule has 58 heavy (non-hydrogen) atoms. The van der Waals surface area contributed by atoms with Crippen LogP contribution in [0.3, 0.4) is 0 Å². The molecule has 3 heterocycles. The second-order valence-corrected chi connectivity index (χ2v) is 21.4. The van der Waals surface area contributed by atoms with Crippen molar-refractivity contribution in [3.8, 4) is 0 Å². The van der Waals surface area contributed by atoms with Crippen molar-refractivity contribution in [3.63, 3.8) is 0 Å². The third-order valence-electron chi connectivity index (χ3n) is 14.0. The van der Waals surface area contributed by atoms with Crippen molar-refractivity contribution in [2.45, 2.75) is 117 Å². The number of allylic oxidation sites excluding steroid dienone is 4. The summed E-state index contributed by atoms with van der Waals surface area (Å²) in [6.45, 7) is 23.9. The molecule has 292 valence electrons. The molecule has 0 bridgehead atoms. The maximum absolute atomic E-state index is 2.66. The fourth-order valence-corrected chi connectivity index (χ4v) is 11.8. The Morgan fingerprint density at radius 2 is 1.43 bits per heavy atom. The molecule has 0 spiro atoms. The summed E-state index contributed by atoms with van der Waals surface area (Å²) in [6.07, 6.45) is 12.5. The monoisotopic (exact) mass is 776 g/mol. The SMILES string of the molecule is Cc1cc2c3c(c1)N(c1ccc(C(C)(C)C)cc1)c1c(sc4cc5c(cc14)C(C)(C)CCC5(C)C)B3c1ccc(C(C)C)cc1N2c1ccccc1C1C=CC=CC1. The molecule has 6 aromatic rings. The van der Waals surface area contributed by atoms with Gasteiger partial charge in [-0.15, -0.1) is 11.3 Å². The van der Waals surface area contributed by atoms with Crippen molar-refractivity contribution in [2.24, 2.45) is 0 Å². The molecule has 2 aliphatic heterocycles. The molecule has 0 N–H and O–H groups in total. The lowest BCUT2D eigenvalue weighted by atomic mass is 9.36. The topological polar surface area (TPSA) is 6.48 Å². The fourth-order valence-electron chi connectivity index (χ4n) is 10.5. The number of hydrogen-bond donors (Lipinski definition) is 0. The van der Waals surface area contributed by atoms with Gasteiger partial charge in [-0.2, -0.15) is 0 Å². The van der Waals surface area contributed by atoms with E-state index in [0.717, 1.165) is 6.42 Å². The Morgan fingerprint density at radius 3 is 2.10 bits per heavy atom. The van der Waals surface area contributed by atoms with Gasteiger partial charge >= 0.3 is 0 Å². The zero-order chi connectivity index (χ0) is 40.5. The smallest absolute Gasteiger partial charge is 0.264 e. The van der Waals surface area contributed by atoms with Gasteiger partial charge in [0.05, 0.1) is 5.69 Å². The lowest BCUT2D eigenvalue weighted by molar-refractivity contribution is 0.332. The van der Waals surface area contributed by atoms with Gasteiger partial charge in [-0.25, -0.2) is 0 Å². The van der Waals surface area contributed by atoms with Gasteiger partial charge < -0.3 is 9.80 Å². The summed E-state index contributed by atoms with van der Waals surface area (Å²) < 4.78 is 2.86. The van der Waals surface area contributed by atoms with E-state index in [9.17, 15) is 0 Å². The molecule has 0 saturated carbocycles. The van der Waals surface area contributed by atoms with Crippen molar-refractivity contribution in [1.82, 2.24) is 0 Å². The van der Waals surface area contributed by atoms with Crippen LogP contribution in [0.4, 0.5) is 34.1 Å². The van der Waals surface area contributed by atoms with Crippen LogP contribution < -0.4 is 25.5 Å². The summed E-state index contributed by atoms with van der Waals surface area (Å²) >= 11 is 2.04. The van der Waals surface area contributed by atoms with Crippen molar-refractivity contribution in [2.75, 3.05) is 9.80 Å². The van der Waals surface area contributed by atoms with E-state index in [1.807, 2.05) is 11.3 Å². The highest BCUT2D eigenvalue weighted by atomic mass is 32.1. The molecule has 0 fully saturated rings. The average molecular weight is 777 g/mol. The third-order valence-corrected chi connectivity index (χ3v) is 15.2. The normalized spacial score (nSPS) is 18.7. The molecule has 0 amide bonds. The Labute approximate surface area is 351 Å². The number of fused-ring (bicyclic) bond motifs is 7. The van der Waals surface area contributed by atoms with Crippen molar-refractivity contribution in [1.29, 1.82) is 0 Å². The number of para-hydroxylation sites is 1. The molecule has 0 saturated heterocycles. The molecular weight excluding hydrogens is 719 g/mol. The van der Waals surface area contributed by atoms with Gasteiger partial charge in [0.2, 0.25) is 0 Å². The minimum Gasteiger partial charge on any atom is -0.311 e. The number of hydrogen-bond acceptors (Lipinski definition) is 3. The standard InChI is InChI=1S/C54H57BN2S/c1-33(2)36-20-25-43-45(30-36)57(44-19-15-14-18-39(44)35-16-12-11-13-17-35)47-29-34(3)28-46-49(47)55(43)51-50(56(46)38-23-21-37(22-24-38)52(4,5)6)40-31-41-42(32-48(40)58-51)54(9,10)27-26-53(41,7)8/h11-16,18-25,28-33,35H,17,26-27H2,1-10H3. The Bertz CT molecular complexity index is 2700. The van der Waals surface area contributed by atoms with Crippen molar-refractivity contribution >= 4 is 78.0 Å². The maximum atomic E-state index is 2.66. The molecule has 4 aliphatic rings. The molecule has 1 aromatic heterocycles. The predicted molar refractivity (Wildman–Crippen MR) is 254 cm³/mol. The summed E-state index contributed by atoms with van der Waals surface area (Å²) in [7, 11) is 0. The first-order chi connectivity index (χ1) is 27.6. The van der Waals surface area contributed by atoms with Crippen molar-refractivity contribution in [3.05, 3.63) is 149 Å². The van der Waals surface area contributed by atoms with Gasteiger partial charge in [0.25, 0.3) is 6.71 Å². The van der Waals surface area contributed by atoms with Crippen LogP contribution in [0.25, 0.3) is 10.1 Å². The van der Waals surface area contributed by atoms with E-state index in [1.165, 1.54) is 106 Å². The van der Waals surface area contributed by atoms with E-state index >= 15 is 0 Å². The van der Waals surface area contributed by atoms with Crippen LogP contribution in [-0.2, 0) is 16.2 Å². The molecule has 4 heteroatoms. The van der Waals surface area contributed by atoms with E-state index < -0.39 is 0 Å². The Morgan fingerprint density at radius 1 is 0.741 bits per heavy atom. The third kappa shape index (κ3) is 5.72. The molecule has 2 nitrogen and oxygen atoms in total. The zero-order valence-corrected chi connectivity index (χ0v) is 36.9. The van der Waals surface area contributed by atoms with E-state index in [0.29, 0.717) is 11.8 Å². The summed E-state index contributed by atoms with van der Waals surface area (Å²) in [5.74, 6) is 0.738. The van der Waals surface area contributed by atoms with Gasteiger partial charge in [-0.3, -0.25) is 0 Å². The van der Waals surface area contributed by atoms with Crippen LogP contribution >= 0.6 is 11.3 Å². The number of nitrogens with zero attached hydrogens (tertiary/aromatic N) is 2. The molecule has 2 aliphatic carbocycles. The van der Waals surface area contributed by atoms with Crippen LogP contribution in [-0.4, -0.2) is 6.71 Å². The molecular formula is C54H57BN2S. The zero-order valence-electron chi connectivity index (χ0n) is 36.1. The molecule has 5 aromatic carbocycles.